The molecular weight excluding hydrogens is 374 g/mol. The average Bonchev–Trinajstić information content (AvgIpc) is 3.08. The van der Waals surface area contributed by atoms with Gasteiger partial charge in [0.1, 0.15) is 5.82 Å². The van der Waals surface area contributed by atoms with Gasteiger partial charge in [-0.15, -0.1) is 0 Å². The summed E-state index contributed by atoms with van der Waals surface area (Å²) in [5.41, 5.74) is 5.26. The van der Waals surface area contributed by atoms with Gasteiger partial charge in [0.25, 0.3) is 0 Å². The van der Waals surface area contributed by atoms with Gasteiger partial charge in [-0.3, -0.25) is 0 Å². The van der Waals surface area contributed by atoms with Crippen LogP contribution >= 0.6 is 0 Å². The van der Waals surface area contributed by atoms with Crippen molar-refractivity contribution in [3.63, 3.8) is 0 Å². The highest BCUT2D eigenvalue weighted by molar-refractivity contribution is 5.79. The van der Waals surface area contributed by atoms with E-state index >= 15 is 0 Å². The van der Waals surface area contributed by atoms with Crippen LogP contribution in [0.3, 0.4) is 0 Å². The van der Waals surface area contributed by atoms with Crippen LogP contribution in [0.4, 0.5) is 5.82 Å². The molecule has 0 atom stereocenters. The van der Waals surface area contributed by atoms with Crippen LogP contribution < -0.4 is 15.5 Å². The lowest BCUT2D eigenvalue weighted by Crippen LogP contribution is -2.37. The molecule has 2 heterocycles. The van der Waals surface area contributed by atoms with Crippen molar-refractivity contribution in [2.24, 2.45) is 4.99 Å². The number of aryl methyl sites for hydroxylation is 2. The fraction of sp³-hybridized carbons (Fsp3) is 0.348. The van der Waals surface area contributed by atoms with Crippen LogP contribution in [0.1, 0.15) is 29.6 Å². The van der Waals surface area contributed by atoms with Gasteiger partial charge < -0.3 is 15.5 Å². The number of nitrogens with zero attached hydrogens (tertiary/aromatic N) is 5. The summed E-state index contributed by atoms with van der Waals surface area (Å²) in [5.74, 6) is 1.70. The number of nitrogens with one attached hydrogen (secondary N) is 2. The molecule has 0 radical (unpaired) electrons. The number of rotatable bonds is 7. The molecule has 0 saturated heterocycles. The van der Waals surface area contributed by atoms with E-state index < -0.39 is 0 Å². The van der Waals surface area contributed by atoms with Crippen molar-refractivity contribution in [2.45, 2.75) is 33.9 Å². The van der Waals surface area contributed by atoms with Crippen molar-refractivity contribution in [2.75, 3.05) is 25.5 Å². The Labute approximate surface area is 178 Å². The monoisotopic (exact) mass is 405 g/mol. The summed E-state index contributed by atoms with van der Waals surface area (Å²) in [5, 5.41) is 11.3. The highest BCUT2D eigenvalue weighted by Gasteiger charge is 2.09. The SMILES string of the molecule is CCNC(=NCc1ccccc1-n1nc(C)cc1C)NCc1cccc(N(C)C)n1. The third-order valence-corrected chi connectivity index (χ3v) is 4.67. The maximum atomic E-state index is 4.79. The maximum absolute atomic E-state index is 4.79. The van der Waals surface area contributed by atoms with Crippen LogP contribution in [0.25, 0.3) is 5.69 Å². The number of benzene rings is 1. The first-order valence-electron chi connectivity index (χ1n) is 10.2. The Hall–Kier alpha value is -3.35. The van der Waals surface area contributed by atoms with Gasteiger partial charge in [0, 0.05) is 26.3 Å². The van der Waals surface area contributed by atoms with Crippen LogP contribution in [0, 0.1) is 13.8 Å². The predicted octanol–water partition coefficient (Wildman–Crippen LogP) is 3.21. The molecule has 0 aliphatic carbocycles. The van der Waals surface area contributed by atoms with Crippen molar-refractivity contribution in [1.29, 1.82) is 0 Å². The topological polar surface area (TPSA) is 70.4 Å². The van der Waals surface area contributed by atoms with Crippen LogP contribution in [0.5, 0.6) is 0 Å². The summed E-state index contributed by atoms with van der Waals surface area (Å²) in [6, 6.07) is 16.4. The molecule has 3 rings (SSSR count). The summed E-state index contributed by atoms with van der Waals surface area (Å²) < 4.78 is 1.98. The third-order valence-electron chi connectivity index (χ3n) is 4.67. The molecule has 0 aliphatic heterocycles. The zero-order chi connectivity index (χ0) is 21.5. The standard InChI is InChI=1S/C23H31N7/c1-6-24-23(26-16-20-11-9-13-22(27-20)29(4)5)25-15-19-10-7-8-12-21(19)30-18(3)14-17(2)28-30/h7-14H,6,15-16H2,1-5H3,(H2,24,25,26). The van der Waals surface area contributed by atoms with Crippen molar-refractivity contribution >= 4 is 11.8 Å². The zero-order valence-electron chi connectivity index (χ0n) is 18.5. The van der Waals surface area contributed by atoms with Crippen LogP contribution in [-0.2, 0) is 13.1 Å². The molecule has 158 valence electrons. The van der Waals surface area contributed by atoms with Gasteiger partial charge >= 0.3 is 0 Å². The molecule has 3 aromatic rings. The second-order valence-corrected chi connectivity index (χ2v) is 7.40. The van der Waals surface area contributed by atoms with Gasteiger partial charge in [0.05, 0.1) is 30.2 Å². The number of aliphatic imine (C=N–C) groups is 1. The fourth-order valence-corrected chi connectivity index (χ4v) is 3.22. The molecule has 2 aromatic heterocycles. The van der Waals surface area contributed by atoms with Crippen molar-refractivity contribution < 1.29 is 0 Å². The normalized spacial score (nSPS) is 11.4. The Morgan fingerprint density at radius 3 is 2.57 bits per heavy atom. The first-order chi connectivity index (χ1) is 14.5. The number of anilines is 1. The zero-order valence-corrected chi connectivity index (χ0v) is 18.5. The molecule has 0 fully saturated rings. The van der Waals surface area contributed by atoms with E-state index in [0.717, 1.165) is 46.7 Å². The van der Waals surface area contributed by atoms with E-state index in [9.17, 15) is 0 Å². The molecular formula is C23H31N7. The van der Waals surface area contributed by atoms with Gasteiger partial charge in [-0.05, 0) is 50.6 Å². The Morgan fingerprint density at radius 1 is 1.07 bits per heavy atom. The molecule has 30 heavy (non-hydrogen) atoms. The largest absolute Gasteiger partial charge is 0.363 e. The molecule has 7 nitrogen and oxygen atoms in total. The minimum absolute atomic E-state index is 0.551. The molecule has 2 N–H and O–H groups in total. The van der Waals surface area contributed by atoms with Gasteiger partial charge in [-0.25, -0.2) is 14.7 Å². The van der Waals surface area contributed by atoms with Crippen molar-refractivity contribution in [3.8, 4) is 5.69 Å². The summed E-state index contributed by atoms with van der Waals surface area (Å²) in [4.78, 5) is 11.5. The van der Waals surface area contributed by atoms with Gasteiger partial charge in [-0.1, -0.05) is 24.3 Å². The fourth-order valence-electron chi connectivity index (χ4n) is 3.22. The summed E-state index contributed by atoms with van der Waals surface area (Å²) in [6.45, 7) is 8.08. The maximum Gasteiger partial charge on any atom is 0.191 e. The molecule has 0 spiro atoms. The molecule has 0 aliphatic rings. The first-order valence-corrected chi connectivity index (χ1v) is 10.2. The van der Waals surface area contributed by atoms with E-state index in [1.54, 1.807) is 0 Å². The van der Waals surface area contributed by atoms with Gasteiger partial charge in [-0.2, -0.15) is 5.10 Å². The summed E-state index contributed by atoms with van der Waals surface area (Å²) in [6.07, 6.45) is 0. The number of para-hydroxylation sites is 1. The third kappa shape index (κ3) is 5.37. The Balaban J connectivity index is 1.76. The van der Waals surface area contributed by atoms with Crippen LogP contribution in [0.15, 0.2) is 53.5 Å². The molecule has 0 bridgehead atoms. The van der Waals surface area contributed by atoms with E-state index in [1.807, 2.05) is 60.9 Å². The lowest BCUT2D eigenvalue weighted by atomic mass is 10.2. The van der Waals surface area contributed by atoms with Gasteiger partial charge in [0.2, 0.25) is 0 Å². The average molecular weight is 406 g/mol. The number of aromatic nitrogens is 3. The number of guanidine groups is 1. The molecule has 1 aromatic carbocycles. The van der Waals surface area contributed by atoms with Gasteiger partial charge in [0.15, 0.2) is 5.96 Å². The second kappa shape index (κ2) is 9.91. The highest BCUT2D eigenvalue weighted by Crippen LogP contribution is 2.18. The minimum Gasteiger partial charge on any atom is -0.363 e. The van der Waals surface area contributed by atoms with Crippen molar-refractivity contribution in [3.05, 3.63) is 71.2 Å². The first kappa shape index (κ1) is 21.4. The number of hydrogen-bond donors (Lipinski definition) is 2. The molecule has 0 unspecified atom stereocenters. The lowest BCUT2D eigenvalue weighted by molar-refractivity contribution is 0.790. The van der Waals surface area contributed by atoms with E-state index in [2.05, 4.69) is 52.8 Å². The minimum atomic E-state index is 0.551. The Bertz CT molecular complexity index is 1000. The number of hydrogen-bond acceptors (Lipinski definition) is 4. The lowest BCUT2D eigenvalue weighted by Gasteiger charge is -2.15. The van der Waals surface area contributed by atoms with Crippen molar-refractivity contribution in [1.82, 2.24) is 25.4 Å². The van der Waals surface area contributed by atoms with E-state index in [4.69, 9.17) is 4.99 Å². The molecule has 0 amide bonds. The Morgan fingerprint density at radius 2 is 1.87 bits per heavy atom. The second-order valence-electron chi connectivity index (χ2n) is 7.40. The number of pyridine rings is 1. The smallest absolute Gasteiger partial charge is 0.191 e. The van der Waals surface area contributed by atoms with E-state index in [1.165, 1.54) is 0 Å². The van der Waals surface area contributed by atoms with E-state index in [0.29, 0.717) is 13.1 Å². The summed E-state index contributed by atoms with van der Waals surface area (Å²) >= 11 is 0. The van der Waals surface area contributed by atoms with Crippen LogP contribution in [-0.4, -0.2) is 41.4 Å². The predicted molar refractivity (Wildman–Crippen MR) is 123 cm³/mol. The van der Waals surface area contributed by atoms with Crippen LogP contribution in [0.2, 0.25) is 0 Å². The highest BCUT2D eigenvalue weighted by atomic mass is 15.3. The molecule has 7 heteroatoms. The molecule has 0 saturated carbocycles. The summed E-state index contributed by atoms with van der Waals surface area (Å²) in [7, 11) is 3.98. The quantitative estimate of drug-likeness (QED) is 0.467. The van der Waals surface area contributed by atoms with E-state index in [-0.39, 0.29) is 0 Å². The Kier molecular flexibility index (Phi) is 7.06.